The van der Waals surface area contributed by atoms with Crippen LogP contribution in [0.4, 0.5) is 4.39 Å². The van der Waals surface area contributed by atoms with Gasteiger partial charge in [-0.3, -0.25) is 0 Å². The molecule has 1 aromatic carbocycles. The minimum absolute atomic E-state index is 0.164. The van der Waals surface area contributed by atoms with Crippen molar-refractivity contribution in [1.29, 1.82) is 0 Å². The maximum Gasteiger partial charge on any atom is 0.243 e. The lowest BCUT2D eigenvalue weighted by atomic mass is 10.3. The monoisotopic (exact) mass is 280 g/mol. The van der Waals surface area contributed by atoms with E-state index in [1.807, 2.05) is 0 Å². The van der Waals surface area contributed by atoms with Gasteiger partial charge in [-0.25, -0.2) is 17.5 Å². The quantitative estimate of drug-likeness (QED) is 0.774. The minimum Gasteiger partial charge on any atom is -0.320 e. The summed E-state index contributed by atoms with van der Waals surface area (Å²) in [6.07, 6.45) is 0.630. The highest BCUT2D eigenvalue weighted by molar-refractivity contribution is 7.89. The maximum absolute atomic E-state index is 13.4. The number of hydrogen-bond acceptors (Lipinski definition) is 3. The third-order valence-corrected chi connectivity index (χ3v) is 3.81. The first-order chi connectivity index (χ1) is 7.97. The highest BCUT2D eigenvalue weighted by atomic mass is 35.5. The molecule has 0 aromatic heterocycles. The van der Waals surface area contributed by atoms with Gasteiger partial charge in [0.1, 0.15) is 10.7 Å². The predicted octanol–water partition coefficient (Wildman–Crippen LogP) is 1.37. The normalized spacial score (nSPS) is 11.7. The van der Waals surface area contributed by atoms with Gasteiger partial charge in [0.2, 0.25) is 10.0 Å². The van der Waals surface area contributed by atoms with Crippen LogP contribution in [-0.4, -0.2) is 28.6 Å². The number of benzene rings is 1. The van der Waals surface area contributed by atoms with Gasteiger partial charge in [-0.1, -0.05) is 11.6 Å². The van der Waals surface area contributed by atoms with Crippen LogP contribution in [0.5, 0.6) is 0 Å². The van der Waals surface area contributed by atoms with Crippen molar-refractivity contribution in [2.75, 3.05) is 20.1 Å². The lowest BCUT2D eigenvalue weighted by molar-refractivity contribution is 0.554. The fraction of sp³-hybridized carbons (Fsp3) is 0.400. The smallest absolute Gasteiger partial charge is 0.243 e. The molecule has 2 N–H and O–H groups in total. The predicted molar refractivity (Wildman–Crippen MR) is 65.1 cm³/mol. The molecule has 1 rings (SSSR count). The molecule has 0 radical (unpaired) electrons. The fourth-order valence-electron chi connectivity index (χ4n) is 1.24. The lowest BCUT2D eigenvalue weighted by Crippen LogP contribution is -2.27. The van der Waals surface area contributed by atoms with Crippen molar-refractivity contribution in [1.82, 2.24) is 10.0 Å². The van der Waals surface area contributed by atoms with Crippen LogP contribution in [0.15, 0.2) is 23.1 Å². The average molecular weight is 281 g/mol. The summed E-state index contributed by atoms with van der Waals surface area (Å²) in [5.74, 6) is -0.849. The van der Waals surface area contributed by atoms with Crippen molar-refractivity contribution < 1.29 is 12.8 Å². The van der Waals surface area contributed by atoms with E-state index in [4.69, 9.17) is 11.6 Å². The van der Waals surface area contributed by atoms with E-state index in [1.54, 1.807) is 7.05 Å². The second kappa shape index (κ2) is 6.30. The summed E-state index contributed by atoms with van der Waals surface area (Å²) in [5.41, 5.74) is 0. The van der Waals surface area contributed by atoms with E-state index < -0.39 is 15.8 Å². The Labute approximate surface area is 105 Å². The van der Waals surface area contributed by atoms with E-state index in [1.165, 1.54) is 6.07 Å². The third kappa shape index (κ3) is 4.23. The summed E-state index contributed by atoms with van der Waals surface area (Å²) in [6, 6.07) is 3.47. The Morgan fingerprint density at radius 3 is 2.65 bits per heavy atom. The van der Waals surface area contributed by atoms with Gasteiger partial charge in [0.15, 0.2) is 0 Å². The van der Waals surface area contributed by atoms with Crippen LogP contribution in [0.2, 0.25) is 5.02 Å². The van der Waals surface area contributed by atoms with Gasteiger partial charge >= 0.3 is 0 Å². The Kier molecular flexibility index (Phi) is 5.32. The van der Waals surface area contributed by atoms with Crippen LogP contribution < -0.4 is 10.0 Å². The molecular weight excluding hydrogens is 267 g/mol. The van der Waals surface area contributed by atoms with E-state index in [-0.39, 0.29) is 16.5 Å². The van der Waals surface area contributed by atoms with Gasteiger partial charge < -0.3 is 5.32 Å². The molecule has 0 aliphatic carbocycles. The summed E-state index contributed by atoms with van der Waals surface area (Å²) >= 11 is 5.55. The standard InChI is InChI=1S/C10H14ClFN2O2S/c1-13-5-2-6-14-17(15,16)10-4-3-8(11)7-9(10)12/h3-4,7,13-14H,2,5-6H2,1H3. The zero-order valence-electron chi connectivity index (χ0n) is 9.33. The number of nitrogens with one attached hydrogen (secondary N) is 2. The molecule has 0 amide bonds. The van der Waals surface area contributed by atoms with Crippen molar-refractivity contribution in [3.8, 4) is 0 Å². The van der Waals surface area contributed by atoms with Crippen LogP contribution in [0.25, 0.3) is 0 Å². The van der Waals surface area contributed by atoms with Gasteiger partial charge in [-0.2, -0.15) is 0 Å². The van der Waals surface area contributed by atoms with Gasteiger partial charge in [0.25, 0.3) is 0 Å². The minimum atomic E-state index is -3.80. The first-order valence-electron chi connectivity index (χ1n) is 5.06. The highest BCUT2D eigenvalue weighted by Crippen LogP contribution is 2.18. The first-order valence-corrected chi connectivity index (χ1v) is 6.93. The summed E-state index contributed by atoms with van der Waals surface area (Å²) in [6.45, 7) is 0.941. The molecule has 0 unspecified atom stereocenters. The van der Waals surface area contributed by atoms with Crippen molar-refractivity contribution in [3.05, 3.63) is 29.0 Å². The molecular formula is C10H14ClFN2O2S. The Morgan fingerprint density at radius 1 is 1.35 bits per heavy atom. The van der Waals surface area contributed by atoms with E-state index >= 15 is 0 Å². The molecule has 0 fully saturated rings. The second-order valence-electron chi connectivity index (χ2n) is 3.43. The number of rotatable bonds is 6. The van der Waals surface area contributed by atoms with Crippen LogP contribution in [0.3, 0.4) is 0 Å². The molecule has 96 valence electrons. The summed E-state index contributed by atoms with van der Waals surface area (Å²) in [7, 11) is -2.03. The molecule has 1 aromatic rings. The molecule has 0 saturated heterocycles. The number of sulfonamides is 1. The molecule has 4 nitrogen and oxygen atoms in total. The molecule has 0 atom stereocenters. The molecule has 0 bridgehead atoms. The molecule has 7 heteroatoms. The largest absolute Gasteiger partial charge is 0.320 e. The Bertz CT molecular complexity index is 479. The van der Waals surface area contributed by atoms with E-state index in [9.17, 15) is 12.8 Å². The highest BCUT2D eigenvalue weighted by Gasteiger charge is 2.18. The zero-order valence-corrected chi connectivity index (χ0v) is 10.9. The van der Waals surface area contributed by atoms with Crippen molar-refractivity contribution in [3.63, 3.8) is 0 Å². The molecule has 0 saturated carbocycles. The molecule has 0 aliphatic rings. The van der Waals surface area contributed by atoms with E-state index in [0.717, 1.165) is 12.1 Å². The van der Waals surface area contributed by atoms with Gasteiger partial charge in [0, 0.05) is 11.6 Å². The number of hydrogen-bond donors (Lipinski definition) is 2. The maximum atomic E-state index is 13.4. The third-order valence-electron chi connectivity index (χ3n) is 2.08. The Hall–Kier alpha value is -0.690. The van der Waals surface area contributed by atoms with Crippen LogP contribution in [0, 0.1) is 5.82 Å². The fourth-order valence-corrected chi connectivity index (χ4v) is 2.53. The molecule has 0 aliphatic heterocycles. The van der Waals surface area contributed by atoms with E-state index in [2.05, 4.69) is 10.0 Å². The topological polar surface area (TPSA) is 58.2 Å². The van der Waals surface area contributed by atoms with Crippen molar-refractivity contribution in [2.24, 2.45) is 0 Å². The molecule has 0 heterocycles. The summed E-state index contributed by atoms with van der Waals surface area (Å²) in [5, 5.41) is 3.05. The second-order valence-corrected chi connectivity index (χ2v) is 5.60. The van der Waals surface area contributed by atoms with Crippen LogP contribution in [0.1, 0.15) is 6.42 Å². The van der Waals surface area contributed by atoms with Gasteiger partial charge in [-0.05, 0) is 38.2 Å². The van der Waals surface area contributed by atoms with Crippen LogP contribution >= 0.6 is 11.6 Å². The lowest BCUT2D eigenvalue weighted by Gasteiger charge is -2.07. The molecule has 17 heavy (non-hydrogen) atoms. The average Bonchev–Trinajstić information content (AvgIpc) is 2.24. The van der Waals surface area contributed by atoms with Crippen molar-refractivity contribution in [2.45, 2.75) is 11.3 Å². The Morgan fingerprint density at radius 2 is 2.06 bits per heavy atom. The van der Waals surface area contributed by atoms with Crippen molar-refractivity contribution >= 4 is 21.6 Å². The number of halogens is 2. The Balaban J connectivity index is 2.76. The van der Waals surface area contributed by atoms with E-state index in [0.29, 0.717) is 13.0 Å². The molecule has 0 spiro atoms. The zero-order chi connectivity index (χ0) is 12.9. The summed E-state index contributed by atoms with van der Waals surface area (Å²) < 4.78 is 39.2. The van der Waals surface area contributed by atoms with Gasteiger partial charge in [-0.15, -0.1) is 0 Å². The van der Waals surface area contributed by atoms with Crippen LogP contribution in [-0.2, 0) is 10.0 Å². The SMILES string of the molecule is CNCCCNS(=O)(=O)c1ccc(Cl)cc1F. The summed E-state index contributed by atoms with van der Waals surface area (Å²) in [4.78, 5) is -0.383. The first kappa shape index (κ1) is 14.4. The van der Waals surface area contributed by atoms with Gasteiger partial charge in [0.05, 0.1) is 0 Å².